The summed E-state index contributed by atoms with van der Waals surface area (Å²) in [7, 11) is 0. The molecule has 0 aromatic rings. The van der Waals surface area contributed by atoms with Gasteiger partial charge in [0.05, 0.1) is 11.9 Å². The summed E-state index contributed by atoms with van der Waals surface area (Å²) in [5.41, 5.74) is -0.653. The molecule has 0 spiro atoms. The van der Waals surface area contributed by atoms with E-state index in [-0.39, 0.29) is 11.1 Å². The quantitative estimate of drug-likeness (QED) is 0.426. The van der Waals surface area contributed by atoms with E-state index < -0.39 is 24.1 Å². The Morgan fingerprint density at radius 1 is 1.08 bits per heavy atom. The van der Waals surface area contributed by atoms with Crippen molar-refractivity contribution >= 4 is 11.9 Å². The molecule has 0 aromatic carbocycles. The second-order valence-corrected chi connectivity index (χ2v) is 2.76. The van der Waals surface area contributed by atoms with Crippen LogP contribution in [0.2, 0.25) is 0 Å². The van der Waals surface area contributed by atoms with Gasteiger partial charge in [-0.25, -0.2) is 0 Å². The average molecular weight is 180 g/mol. The Morgan fingerprint density at radius 2 is 1.46 bits per heavy atom. The van der Waals surface area contributed by atoms with Crippen LogP contribution in [0, 0.1) is 0 Å². The smallest absolute Gasteiger partial charge is 0.104 e. The maximum atomic E-state index is 10.5. The monoisotopic (exact) mass is 180 g/mol. The van der Waals surface area contributed by atoms with Crippen LogP contribution in [0.4, 0.5) is 0 Å². The van der Waals surface area contributed by atoms with E-state index in [2.05, 4.69) is 0 Å². The average Bonchev–Trinajstić information content (AvgIpc) is 2.60. The van der Waals surface area contributed by atoms with Crippen LogP contribution >= 0.6 is 0 Å². The fraction of sp³-hybridized carbons (Fsp3) is 0.250. The van der Waals surface area contributed by atoms with Crippen molar-refractivity contribution in [1.82, 2.24) is 0 Å². The van der Waals surface area contributed by atoms with Crippen LogP contribution in [0.1, 0.15) is 0 Å². The number of hydrogen-bond donors (Lipinski definition) is 0. The normalized spacial score (nSPS) is 29.8. The summed E-state index contributed by atoms with van der Waals surface area (Å²) in [4.78, 5) is 21.1. The van der Waals surface area contributed by atoms with Gasteiger partial charge in [0.15, 0.2) is 0 Å². The van der Waals surface area contributed by atoms with Crippen LogP contribution in [0.5, 0.6) is 0 Å². The molecule has 2 bridgehead atoms. The maximum absolute atomic E-state index is 10.5. The number of carboxylic acid groups (broad SMARTS) is 2. The first-order valence-corrected chi connectivity index (χ1v) is 3.62. The van der Waals surface area contributed by atoms with E-state index >= 15 is 0 Å². The highest BCUT2D eigenvalue weighted by molar-refractivity contribution is 6.01. The van der Waals surface area contributed by atoms with E-state index in [9.17, 15) is 19.8 Å². The Hall–Kier alpha value is -1.62. The fourth-order valence-corrected chi connectivity index (χ4v) is 1.54. The predicted molar refractivity (Wildman–Crippen MR) is 34.8 cm³/mol. The number of hydrogen-bond acceptors (Lipinski definition) is 5. The molecule has 0 N–H and O–H groups in total. The standard InChI is InChI=1S/C8H6O5/c9-7(10)5-3-1-2-4(13-3)6(5)8(11)12/h1-4H,(H,9,10)(H,11,12)/p-2. The van der Waals surface area contributed by atoms with Crippen LogP contribution in [0.3, 0.4) is 0 Å². The first kappa shape index (κ1) is 8.00. The van der Waals surface area contributed by atoms with Gasteiger partial charge in [0.2, 0.25) is 0 Å². The molecular weight excluding hydrogens is 176 g/mol. The number of aliphatic carboxylic acids is 2. The first-order valence-electron chi connectivity index (χ1n) is 3.62. The number of fused-ring (bicyclic) bond motifs is 2. The fourth-order valence-electron chi connectivity index (χ4n) is 1.54. The molecular formula is C8H4O5-2. The highest BCUT2D eigenvalue weighted by Crippen LogP contribution is 2.33. The van der Waals surface area contributed by atoms with Crippen LogP contribution in [0.25, 0.3) is 0 Å². The SMILES string of the molecule is O=C([O-])C1=C(C(=O)[O-])C2C=CC1O2. The van der Waals surface area contributed by atoms with E-state index in [1.54, 1.807) is 0 Å². The minimum absolute atomic E-state index is 0.326. The van der Waals surface area contributed by atoms with E-state index in [4.69, 9.17) is 4.74 Å². The zero-order chi connectivity index (χ0) is 9.59. The Labute approximate surface area is 72.9 Å². The highest BCUT2D eigenvalue weighted by Gasteiger charge is 2.37. The molecule has 0 radical (unpaired) electrons. The van der Waals surface area contributed by atoms with Gasteiger partial charge in [-0.1, -0.05) is 12.2 Å². The number of carbonyl (C=O) groups is 2. The van der Waals surface area contributed by atoms with Gasteiger partial charge >= 0.3 is 0 Å². The van der Waals surface area contributed by atoms with Crippen molar-refractivity contribution in [2.75, 3.05) is 0 Å². The van der Waals surface area contributed by atoms with Gasteiger partial charge in [-0.15, -0.1) is 0 Å². The molecule has 2 heterocycles. The lowest BCUT2D eigenvalue weighted by atomic mass is 9.97. The molecule has 2 rings (SSSR count). The lowest BCUT2D eigenvalue weighted by molar-refractivity contribution is -0.304. The molecule has 2 unspecified atom stereocenters. The minimum Gasteiger partial charge on any atom is -0.545 e. The summed E-state index contributed by atoms with van der Waals surface area (Å²) in [5, 5.41) is 21.1. The van der Waals surface area contributed by atoms with Gasteiger partial charge in [0.25, 0.3) is 0 Å². The summed E-state index contributed by atoms with van der Waals surface area (Å²) in [6.07, 6.45) is 1.40. The lowest BCUT2D eigenvalue weighted by Crippen LogP contribution is -2.35. The Bertz CT molecular complexity index is 320. The predicted octanol–water partition coefficient (Wildman–Crippen LogP) is -2.88. The van der Waals surface area contributed by atoms with Crippen LogP contribution in [0.15, 0.2) is 23.3 Å². The van der Waals surface area contributed by atoms with E-state index in [1.165, 1.54) is 12.2 Å². The summed E-state index contributed by atoms with van der Waals surface area (Å²) < 4.78 is 4.99. The Kier molecular flexibility index (Phi) is 1.50. The summed E-state index contributed by atoms with van der Waals surface area (Å²) >= 11 is 0. The molecule has 2 aliphatic heterocycles. The second kappa shape index (κ2) is 2.43. The maximum Gasteiger partial charge on any atom is 0.104 e. The number of carboxylic acids is 2. The summed E-state index contributed by atoms with van der Waals surface area (Å²) in [6.45, 7) is 0. The molecule has 0 saturated heterocycles. The summed E-state index contributed by atoms with van der Waals surface area (Å²) in [6, 6.07) is 0. The molecule has 0 fully saturated rings. The van der Waals surface area contributed by atoms with Crippen LogP contribution in [-0.2, 0) is 14.3 Å². The third kappa shape index (κ3) is 0.972. The molecule has 0 aromatic heterocycles. The zero-order valence-corrected chi connectivity index (χ0v) is 6.35. The van der Waals surface area contributed by atoms with Gasteiger partial charge in [0, 0.05) is 11.1 Å². The number of rotatable bonds is 2. The van der Waals surface area contributed by atoms with Crippen molar-refractivity contribution in [2.24, 2.45) is 0 Å². The molecule has 0 amide bonds. The van der Waals surface area contributed by atoms with Crippen molar-refractivity contribution in [3.8, 4) is 0 Å². The third-order valence-electron chi connectivity index (χ3n) is 2.05. The van der Waals surface area contributed by atoms with Crippen molar-refractivity contribution < 1.29 is 24.5 Å². The topological polar surface area (TPSA) is 89.5 Å². The van der Waals surface area contributed by atoms with Gasteiger partial charge < -0.3 is 24.5 Å². The molecule has 2 aliphatic rings. The number of ether oxygens (including phenoxy) is 1. The highest BCUT2D eigenvalue weighted by atomic mass is 16.5. The van der Waals surface area contributed by atoms with E-state index in [1.807, 2.05) is 0 Å². The Balaban J connectivity index is 2.48. The van der Waals surface area contributed by atoms with E-state index in [0.717, 1.165) is 0 Å². The van der Waals surface area contributed by atoms with Crippen LogP contribution in [-0.4, -0.2) is 24.1 Å². The largest absolute Gasteiger partial charge is 0.545 e. The Morgan fingerprint density at radius 3 is 1.77 bits per heavy atom. The first-order chi connectivity index (χ1) is 6.11. The molecule has 5 nitrogen and oxygen atoms in total. The molecule has 0 saturated carbocycles. The summed E-state index contributed by atoms with van der Waals surface area (Å²) in [5.74, 6) is -3.04. The van der Waals surface area contributed by atoms with Gasteiger partial charge in [0.1, 0.15) is 12.2 Å². The zero-order valence-electron chi connectivity index (χ0n) is 6.35. The van der Waals surface area contributed by atoms with Crippen LogP contribution < -0.4 is 10.2 Å². The molecule has 2 atom stereocenters. The van der Waals surface area contributed by atoms with Crippen molar-refractivity contribution in [3.63, 3.8) is 0 Å². The third-order valence-corrected chi connectivity index (χ3v) is 2.05. The molecule has 13 heavy (non-hydrogen) atoms. The van der Waals surface area contributed by atoms with Crippen molar-refractivity contribution in [2.45, 2.75) is 12.2 Å². The van der Waals surface area contributed by atoms with Crippen molar-refractivity contribution in [3.05, 3.63) is 23.3 Å². The van der Waals surface area contributed by atoms with Gasteiger partial charge in [-0.2, -0.15) is 0 Å². The number of carbonyl (C=O) groups excluding carboxylic acids is 2. The molecule has 0 aliphatic carbocycles. The molecule has 5 heteroatoms. The van der Waals surface area contributed by atoms with Crippen molar-refractivity contribution in [1.29, 1.82) is 0 Å². The van der Waals surface area contributed by atoms with Gasteiger partial charge in [-0.05, 0) is 0 Å². The second-order valence-electron chi connectivity index (χ2n) is 2.76. The minimum atomic E-state index is -1.52. The van der Waals surface area contributed by atoms with E-state index in [0.29, 0.717) is 0 Å². The molecule has 68 valence electrons. The van der Waals surface area contributed by atoms with Gasteiger partial charge in [-0.3, -0.25) is 0 Å². The lowest BCUT2D eigenvalue weighted by Gasteiger charge is -2.14.